The highest BCUT2D eigenvalue weighted by molar-refractivity contribution is 5.79. The normalized spacial score (nSPS) is 19.4. The largest absolute Gasteiger partial charge is 0.405 e. The first kappa shape index (κ1) is 15.5. The summed E-state index contributed by atoms with van der Waals surface area (Å²) < 4.78 is 36.4. The van der Waals surface area contributed by atoms with Crippen LogP contribution in [0.3, 0.4) is 0 Å². The quantitative estimate of drug-likeness (QED) is 0.923. The number of anilines is 1. The van der Waals surface area contributed by atoms with Gasteiger partial charge in [0.15, 0.2) is 0 Å². The van der Waals surface area contributed by atoms with Crippen molar-refractivity contribution in [1.29, 1.82) is 0 Å². The van der Waals surface area contributed by atoms with E-state index in [1.165, 1.54) is 0 Å². The van der Waals surface area contributed by atoms with E-state index in [1.807, 2.05) is 17.1 Å². The summed E-state index contributed by atoms with van der Waals surface area (Å²) in [5, 5.41) is 1.94. The molecule has 1 aromatic rings. The van der Waals surface area contributed by atoms with Crippen LogP contribution in [0.2, 0.25) is 0 Å². The van der Waals surface area contributed by atoms with Crippen molar-refractivity contribution in [3.63, 3.8) is 0 Å². The Bertz CT molecular complexity index is 506. The van der Waals surface area contributed by atoms with Gasteiger partial charge in [0.2, 0.25) is 11.9 Å². The molecule has 2 heterocycles. The standard InChI is InChI=1S/C13H17F3N4O/c1-9-4-5-17-12(19-9)20-6-2-3-10(7-20)11(21)18-8-13(14,15)16/h4-5,10H,2-3,6-8H2,1H3,(H,18,21). The van der Waals surface area contributed by atoms with E-state index in [4.69, 9.17) is 0 Å². The Balaban J connectivity index is 1.96. The Morgan fingerprint density at radius 2 is 2.29 bits per heavy atom. The van der Waals surface area contributed by atoms with Crippen molar-refractivity contribution in [3.8, 4) is 0 Å². The third-order valence-electron chi connectivity index (χ3n) is 3.32. The molecule has 0 spiro atoms. The third-order valence-corrected chi connectivity index (χ3v) is 3.32. The molecule has 1 unspecified atom stereocenters. The van der Waals surface area contributed by atoms with Crippen LogP contribution >= 0.6 is 0 Å². The highest BCUT2D eigenvalue weighted by Crippen LogP contribution is 2.21. The van der Waals surface area contributed by atoms with Crippen molar-refractivity contribution in [3.05, 3.63) is 18.0 Å². The molecule has 1 atom stereocenters. The predicted octanol–water partition coefficient (Wildman–Crippen LogP) is 1.68. The summed E-state index contributed by atoms with van der Waals surface area (Å²) in [5.41, 5.74) is 0.809. The number of amides is 1. The summed E-state index contributed by atoms with van der Waals surface area (Å²) in [6.07, 6.45) is -1.46. The minimum Gasteiger partial charge on any atom is -0.347 e. The van der Waals surface area contributed by atoms with E-state index in [2.05, 4.69) is 9.97 Å². The van der Waals surface area contributed by atoms with Crippen LogP contribution in [0.25, 0.3) is 0 Å². The van der Waals surface area contributed by atoms with Crippen molar-refractivity contribution in [2.75, 3.05) is 24.5 Å². The Kier molecular flexibility index (Phi) is 4.64. The number of carbonyl (C=O) groups is 1. The number of carbonyl (C=O) groups excluding carboxylic acids is 1. The van der Waals surface area contributed by atoms with Gasteiger partial charge >= 0.3 is 6.18 Å². The highest BCUT2D eigenvalue weighted by atomic mass is 19.4. The number of nitrogens with zero attached hydrogens (tertiary/aromatic N) is 3. The van der Waals surface area contributed by atoms with Gasteiger partial charge in [0.25, 0.3) is 0 Å². The molecule has 0 bridgehead atoms. The van der Waals surface area contributed by atoms with Gasteiger partial charge in [-0.3, -0.25) is 4.79 Å². The highest BCUT2D eigenvalue weighted by Gasteiger charge is 2.31. The number of hydrogen-bond donors (Lipinski definition) is 1. The predicted molar refractivity (Wildman–Crippen MR) is 70.8 cm³/mol. The van der Waals surface area contributed by atoms with Crippen molar-refractivity contribution in [2.24, 2.45) is 5.92 Å². The van der Waals surface area contributed by atoms with Crippen molar-refractivity contribution >= 4 is 11.9 Å². The van der Waals surface area contributed by atoms with Gasteiger partial charge in [-0.05, 0) is 25.8 Å². The molecule has 1 saturated heterocycles. The van der Waals surface area contributed by atoms with Crippen molar-refractivity contribution in [1.82, 2.24) is 15.3 Å². The Morgan fingerprint density at radius 3 is 2.95 bits per heavy atom. The number of rotatable bonds is 3. The monoisotopic (exact) mass is 302 g/mol. The topological polar surface area (TPSA) is 58.1 Å². The lowest BCUT2D eigenvalue weighted by Gasteiger charge is -2.32. The van der Waals surface area contributed by atoms with Crippen LogP contribution in [-0.2, 0) is 4.79 Å². The minimum absolute atomic E-state index is 0.340. The summed E-state index contributed by atoms with van der Waals surface area (Å²) in [6.45, 7) is 1.59. The molecule has 0 aromatic carbocycles. The first-order chi connectivity index (χ1) is 9.85. The lowest BCUT2D eigenvalue weighted by atomic mass is 9.97. The Morgan fingerprint density at radius 1 is 1.52 bits per heavy atom. The maximum absolute atomic E-state index is 12.1. The smallest absolute Gasteiger partial charge is 0.347 e. The molecule has 21 heavy (non-hydrogen) atoms. The van der Waals surface area contributed by atoms with Crippen LogP contribution in [0, 0.1) is 12.8 Å². The second kappa shape index (κ2) is 6.28. The van der Waals surface area contributed by atoms with Gasteiger partial charge in [0.1, 0.15) is 6.54 Å². The number of piperidine rings is 1. The van der Waals surface area contributed by atoms with E-state index in [0.29, 0.717) is 25.5 Å². The summed E-state index contributed by atoms with van der Waals surface area (Å²) in [4.78, 5) is 22.1. The molecule has 1 fully saturated rings. The van der Waals surface area contributed by atoms with Crippen LogP contribution in [0.5, 0.6) is 0 Å². The molecule has 1 aliphatic rings. The zero-order valence-corrected chi connectivity index (χ0v) is 11.7. The maximum atomic E-state index is 12.1. The number of aromatic nitrogens is 2. The number of alkyl halides is 3. The Labute approximate surface area is 120 Å². The molecule has 5 nitrogen and oxygen atoms in total. The van der Waals surface area contributed by atoms with Crippen LogP contribution in [0.4, 0.5) is 19.1 Å². The van der Waals surface area contributed by atoms with Gasteiger partial charge < -0.3 is 10.2 Å². The van der Waals surface area contributed by atoms with Crippen LogP contribution in [0.15, 0.2) is 12.3 Å². The first-order valence-electron chi connectivity index (χ1n) is 6.74. The lowest BCUT2D eigenvalue weighted by molar-refractivity contribution is -0.140. The molecular weight excluding hydrogens is 285 g/mol. The van der Waals surface area contributed by atoms with Crippen LogP contribution in [-0.4, -0.2) is 41.7 Å². The molecule has 8 heteroatoms. The van der Waals surface area contributed by atoms with Gasteiger partial charge in [-0.15, -0.1) is 0 Å². The summed E-state index contributed by atoms with van der Waals surface area (Å²) >= 11 is 0. The fraction of sp³-hybridized carbons (Fsp3) is 0.615. The van der Waals surface area contributed by atoms with Gasteiger partial charge in [-0.2, -0.15) is 13.2 Å². The molecule has 1 aromatic heterocycles. The van der Waals surface area contributed by atoms with Gasteiger partial charge in [0, 0.05) is 25.0 Å². The molecule has 1 amide bonds. The molecule has 0 saturated carbocycles. The molecule has 2 rings (SSSR count). The summed E-state index contributed by atoms with van der Waals surface area (Å²) in [6, 6.07) is 1.76. The lowest BCUT2D eigenvalue weighted by Crippen LogP contribution is -2.45. The van der Waals surface area contributed by atoms with Crippen molar-refractivity contribution < 1.29 is 18.0 Å². The first-order valence-corrected chi connectivity index (χ1v) is 6.74. The summed E-state index contributed by atoms with van der Waals surface area (Å²) in [5.74, 6) is -0.516. The minimum atomic E-state index is -4.39. The number of halogens is 3. The third kappa shape index (κ3) is 4.57. The van der Waals surface area contributed by atoms with Crippen molar-refractivity contribution in [2.45, 2.75) is 25.9 Å². The van der Waals surface area contributed by atoms with E-state index in [-0.39, 0.29) is 0 Å². The second-order valence-corrected chi connectivity index (χ2v) is 5.12. The van der Waals surface area contributed by atoms with E-state index in [1.54, 1.807) is 12.3 Å². The number of aryl methyl sites for hydroxylation is 1. The Hall–Kier alpha value is -1.86. The van der Waals surface area contributed by atoms with E-state index >= 15 is 0 Å². The molecule has 1 N–H and O–H groups in total. The molecule has 1 aliphatic heterocycles. The molecule has 0 aliphatic carbocycles. The van der Waals surface area contributed by atoms with Gasteiger partial charge in [-0.25, -0.2) is 9.97 Å². The van der Waals surface area contributed by atoms with Crippen LogP contribution in [0.1, 0.15) is 18.5 Å². The zero-order chi connectivity index (χ0) is 15.5. The fourth-order valence-electron chi connectivity index (χ4n) is 2.29. The van der Waals surface area contributed by atoms with E-state index in [0.717, 1.165) is 12.1 Å². The molecular formula is C13H17F3N4O. The number of nitrogens with one attached hydrogen (secondary N) is 1. The van der Waals surface area contributed by atoms with E-state index in [9.17, 15) is 18.0 Å². The molecule has 116 valence electrons. The maximum Gasteiger partial charge on any atom is 0.405 e. The second-order valence-electron chi connectivity index (χ2n) is 5.12. The average molecular weight is 302 g/mol. The van der Waals surface area contributed by atoms with E-state index < -0.39 is 24.5 Å². The SMILES string of the molecule is Cc1ccnc(N2CCCC(C(=O)NCC(F)(F)F)C2)n1. The van der Waals surface area contributed by atoms with Gasteiger partial charge in [0.05, 0.1) is 5.92 Å². The zero-order valence-electron chi connectivity index (χ0n) is 11.7. The molecule has 0 radical (unpaired) electrons. The average Bonchev–Trinajstić information content (AvgIpc) is 2.44. The van der Waals surface area contributed by atoms with Crippen LogP contribution < -0.4 is 10.2 Å². The number of hydrogen-bond acceptors (Lipinski definition) is 4. The van der Waals surface area contributed by atoms with Gasteiger partial charge in [-0.1, -0.05) is 0 Å². The fourth-order valence-corrected chi connectivity index (χ4v) is 2.29. The summed E-state index contributed by atoms with van der Waals surface area (Å²) in [7, 11) is 0.